The topological polar surface area (TPSA) is 50.2 Å². The van der Waals surface area contributed by atoms with E-state index in [9.17, 15) is 9.90 Å². The summed E-state index contributed by atoms with van der Waals surface area (Å²) in [6.45, 7) is 2.20. The number of phenols is 1. The number of nitrogens with zero attached hydrogens (tertiary/aromatic N) is 1. The van der Waals surface area contributed by atoms with Crippen LogP contribution in [-0.4, -0.2) is 15.9 Å². The largest absolute Gasteiger partial charge is 0.508 e. The number of carbonyl (C=O) groups is 1. The average Bonchev–Trinajstić information content (AvgIpc) is 2.93. The van der Waals surface area contributed by atoms with Crippen LogP contribution < -0.4 is 0 Å². The van der Waals surface area contributed by atoms with E-state index >= 15 is 0 Å². The third kappa shape index (κ3) is 2.55. The minimum absolute atomic E-state index is 0.219. The van der Waals surface area contributed by atoms with Crippen molar-refractivity contribution in [1.82, 2.24) is 4.98 Å². The monoisotopic (exact) mass is 359 g/mol. The van der Waals surface area contributed by atoms with Crippen molar-refractivity contribution in [2.24, 2.45) is 17.3 Å². The zero-order chi connectivity index (χ0) is 18.6. The molecule has 2 fully saturated rings. The highest BCUT2D eigenvalue weighted by Gasteiger charge is 2.56. The smallest absolute Gasteiger partial charge is 0.165 e. The van der Waals surface area contributed by atoms with Gasteiger partial charge >= 0.3 is 0 Å². The van der Waals surface area contributed by atoms with Crippen LogP contribution in [0.2, 0.25) is 0 Å². The fourth-order valence-corrected chi connectivity index (χ4v) is 6.03. The molecular weight excluding hydrogens is 334 g/mol. The van der Waals surface area contributed by atoms with Crippen LogP contribution in [0.1, 0.15) is 55.2 Å². The highest BCUT2D eigenvalue weighted by Crippen LogP contribution is 2.60. The van der Waals surface area contributed by atoms with Crippen molar-refractivity contribution in [3.8, 4) is 5.75 Å². The predicted octanol–water partition coefficient (Wildman–Crippen LogP) is 4.91. The van der Waals surface area contributed by atoms with Gasteiger partial charge in [0.25, 0.3) is 0 Å². The third-order valence-corrected chi connectivity index (χ3v) is 7.38. The van der Waals surface area contributed by atoms with Crippen molar-refractivity contribution in [3.05, 3.63) is 65.0 Å². The molecule has 0 saturated heterocycles. The van der Waals surface area contributed by atoms with Crippen molar-refractivity contribution in [2.45, 2.75) is 44.9 Å². The predicted molar refractivity (Wildman–Crippen MR) is 105 cm³/mol. The molecule has 138 valence electrons. The number of hydrogen-bond acceptors (Lipinski definition) is 3. The molecule has 3 nitrogen and oxygen atoms in total. The number of pyridine rings is 1. The lowest BCUT2D eigenvalue weighted by atomic mass is 9.55. The minimum atomic E-state index is -0.219. The first-order valence-electron chi connectivity index (χ1n) is 10.0. The molecule has 3 aliphatic rings. The fourth-order valence-electron chi connectivity index (χ4n) is 6.03. The van der Waals surface area contributed by atoms with E-state index in [-0.39, 0.29) is 5.41 Å². The van der Waals surface area contributed by atoms with Gasteiger partial charge in [0, 0.05) is 17.8 Å². The molecule has 1 N–H and O–H groups in total. The number of hydrogen-bond donors (Lipinski definition) is 1. The summed E-state index contributed by atoms with van der Waals surface area (Å²) in [5.41, 5.74) is 4.49. The first-order chi connectivity index (χ1) is 13.1. The molecule has 0 aliphatic heterocycles. The molecule has 1 aromatic heterocycles. The average molecular weight is 359 g/mol. The van der Waals surface area contributed by atoms with Crippen molar-refractivity contribution in [1.29, 1.82) is 0 Å². The summed E-state index contributed by atoms with van der Waals surface area (Å²) >= 11 is 0. The van der Waals surface area contributed by atoms with Gasteiger partial charge < -0.3 is 5.11 Å². The lowest BCUT2D eigenvalue weighted by Crippen LogP contribution is -2.42. The molecule has 27 heavy (non-hydrogen) atoms. The van der Waals surface area contributed by atoms with E-state index in [0.29, 0.717) is 29.3 Å². The lowest BCUT2D eigenvalue weighted by molar-refractivity contribution is -0.127. The second-order valence-electron chi connectivity index (χ2n) is 8.74. The van der Waals surface area contributed by atoms with Crippen molar-refractivity contribution >= 4 is 11.9 Å². The number of allylic oxidation sites excluding steroid dienone is 1. The molecule has 0 spiro atoms. The van der Waals surface area contributed by atoms with Crippen LogP contribution in [0, 0.1) is 17.3 Å². The molecule has 1 aromatic carbocycles. The molecule has 0 bridgehead atoms. The van der Waals surface area contributed by atoms with Crippen LogP contribution in [0.3, 0.4) is 0 Å². The number of benzene rings is 1. The van der Waals surface area contributed by atoms with Gasteiger partial charge in [-0.2, -0.15) is 0 Å². The molecule has 2 saturated carbocycles. The van der Waals surface area contributed by atoms with E-state index in [1.807, 2.05) is 30.5 Å². The maximum Gasteiger partial charge on any atom is 0.165 e. The zero-order valence-electron chi connectivity index (χ0n) is 15.7. The Labute approximate surface area is 160 Å². The van der Waals surface area contributed by atoms with Crippen molar-refractivity contribution < 1.29 is 9.90 Å². The summed E-state index contributed by atoms with van der Waals surface area (Å²) in [5, 5.41) is 9.83. The number of rotatable bonds is 1. The second kappa shape index (κ2) is 6.05. The van der Waals surface area contributed by atoms with Gasteiger partial charge in [0.2, 0.25) is 0 Å². The van der Waals surface area contributed by atoms with Crippen LogP contribution in [0.5, 0.6) is 5.75 Å². The Balaban J connectivity index is 1.50. The van der Waals surface area contributed by atoms with Gasteiger partial charge in [-0.15, -0.1) is 0 Å². The van der Waals surface area contributed by atoms with Crippen LogP contribution in [0.25, 0.3) is 6.08 Å². The van der Waals surface area contributed by atoms with Crippen LogP contribution in [0.15, 0.2) is 48.3 Å². The summed E-state index contributed by atoms with van der Waals surface area (Å²) in [6, 6.07) is 9.82. The number of phenolic OH excluding ortho intramolecular Hbond substituents is 1. The molecule has 5 rings (SSSR count). The van der Waals surface area contributed by atoms with Crippen LogP contribution in [0.4, 0.5) is 0 Å². The molecule has 1 heterocycles. The van der Waals surface area contributed by atoms with Gasteiger partial charge in [-0.05, 0) is 96.4 Å². The molecule has 4 atom stereocenters. The van der Waals surface area contributed by atoms with Gasteiger partial charge in [0.15, 0.2) is 5.78 Å². The van der Waals surface area contributed by atoms with Gasteiger partial charge in [-0.3, -0.25) is 9.78 Å². The highest BCUT2D eigenvalue weighted by atomic mass is 16.3. The maximum absolute atomic E-state index is 13.3. The van der Waals surface area contributed by atoms with E-state index in [1.165, 1.54) is 11.1 Å². The van der Waals surface area contributed by atoms with Crippen molar-refractivity contribution in [3.63, 3.8) is 0 Å². The number of Topliss-reactive ketones (excluding diaryl/α,β-unsaturated/α-hetero) is 1. The normalized spacial score (nSPS) is 33.4. The Morgan fingerprint density at radius 1 is 1.26 bits per heavy atom. The Morgan fingerprint density at radius 2 is 2.15 bits per heavy atom. The molecule has 3 heteroatoms. The van der Waals surface area contributed by atoms with Gasteiger partial charge in [0.05, 0.1) is 0 Å². The first kappa shape index (κ1) is 16.7. The molecule has 0 amide bonds. The highest BCUT2D eigenvalue weighted by molar-refractivity contribution is 6.05. The summed E-state index contributed by atoms with van der Waals surface area (Å²) < 4.78 is 0. The van der Waals surface area contributed by atoms with Gasteiger partial charge in [-0.1, -0.05) is 19.1 Å². The Morgan fingerprint density at radius 3 is 2.96 bits per heavy atom. The first-order valence-corrected chi connectivity index (χ1v) is 10.0. The standard InChI is InChI=1S/C24H25NO2/c1-24-9-8-20-19-7-5-18(26)12-16(19)4-6-21(20)22(24)13-17(23(24)27)11-15-3-2-10-25-14-15/h2-3,5,7,10-12,14,20-22,26H,4,6,8-9,13H2,1H3. The number of fused-ring (bicyclic) bond motifs is 5. The van der Waals surface area contributed by atoms with E-state index in [4.69, 9.17) is 0 Å². The van der Waals surface area contributed by atoms with E-state index < -0.39 is 0 Å². The van der Waals surface area contributed by atoms with E-state index in [2.05, 4.69) is 24.1 Å². The zero-order valence-corrected chi connectivity index (χ0v) is 15.7. The lowest BCUT2D eigenvalue weighted by Gasteiger charge is -2.48. The Bertz CT molecular complexity index is 933. The number of aromatic nitrogens is 1. The van der Waals surface area contributed by atoms with Gasteiger partial charge in [0.1, 0.15) is 5.75 Å². The Kier molecular flexibility index (Phi) is 3.75. The fraction of sp³-hybridized carbons (Fsp3) is 0.417. The van der Waals surface area contributed by atoms with E-state index in [0.717, 1.165) is 43.2 Å². The Hall–Kier alpha value is -2.42. The number of carbonyl (C=O) groups excluding carboxylic acids is 1. The summed E-state index contributed by atoms with van der Waals surface area (Å²) in [5.74, 6) is 2.23. The SMILES string of the molecule is CC12CCC3c4ccc(O)cc4CCC3C1CC(=Cc1cccnc1)C2=O. The molecular formula is C24H25NO2. The van der Waals surface area contributed by atoms with Crippen LogP contribution >= 0.6 is 0 Å². The molecule has 4 unspecified atom stereocenters. The number of aromatic hydroxyl groups is 1. The van der Waals surface area contributed by atoms with Crippen LogP contribution in [-0.2, 0) is 11.2 Å². The molecule has 3 aliphatic carbocycles. The van der Waals surface area contributed by atoms with Crippen molar-refractivity contribution in [2.75, 3.05) is 0 Å². The quantitative estimate of drug-likeness (QED) is 0.736. The number of aryl methyl sites for hydroxylation is 1. The minimum Gasteiger partial charge on any atom is -0.508 e. The summed E-state index contributed by atoms with van der Waals surface area (Å²) in [4.78, 5) is 17.5. The second-order valence-corrected chi connectivity index (χ2v) is 8.74. The summed E-state index contributed by atoms with van der Waals surface area (Å²) in [7, 11) is 0. The third-order valence-electron chi connectivity index (χ3n) is 7.38. The van der Waals surface area contributed by atoms with E-state index in [1.54, 1.807) is 6.20 Å². The maximum atomic E-state index is 13.3. The summed E-state index contributed by atoms with van der Waals surface area (Å²) in [6.07, 6.45) is 10.7. The van der Waals surface area contributed by atoms with Gasteiger partial charge in [-0.25, -0.2) is 0 Å². The number of ketones is 1. The molecule has 0 radical (unpaired) electrons. The molecule has 2 aromatic rings.